The number of aromatic nitrogens is 4. The van der Waals surface area contributed by atoms with Gasteiger partial charge >= 0.3 is 0 Å². The maximum absolute atomic E-state index is 10.8. The first-order valence-electron chi connectivity index (χ1n) is 10.4. The first kappa shape index (κ1) is 20.7. The first-order valence-corrected chi connectivity index (χ1v) is 11.6. The monoisotopic (exact) mass is 453 g/mol. The van der Waals surface area contributed by atoms with E-state index in [1.807, 2.05) is 24.3 Å². The average molecular weight is 454 g/mol. The van der Waals surface area contributed by atoms with Crippen LogP contribution in [0, 0.1) is 0 Å². The standard InChI is InChI=1S/C21H23N7O3S/c29-32(30)24-12-15-2-4-16(5-3-15)19-25-18-14-28(21-22-6-1-7-23-21)13-17(18)20(26-19)27-8-10-31-11-9-27/h1-7,32H,8-14H2,(H,24,29,30). The van der Waals surface area contributed by atoms with Crippen LogP contribution in [-0.2, 0) is 35.3 Å². The Morgan fingerprint density at radius 2 is 1.72 bits per heavy atom. The zero-order chi connectivity index (χ0) is 21.9. The number of ether oxygens (including phenoxy) is 1. The summed E-state index contributed by atoms with van der Waals surface area (Å²) in [4.78, 5) is 23.0. The fourth-order valence-electron chi connectivity index (χ4n) is 3.93. The summed E-state index contributed by atoms with van der Waals surface area (Å²) >= 11 is 0. The van der Waals surface area contributed by atoms with Gasteiger partial charge in [-0.2, -0.15) is 0 Å². The molecule has 0 amide bonds. The van der Waals surface area contributed by atoms with Crippen LogP contribution >= 0.6 is 0 Å². The average Bonchev–Trinajstić information content (AvgIpc) is 3.28. The van der Waals surface area contributed by atoms with Crippen molar-refractivity contribution in [2.24, 2.45) is 0 Å². The normalized spacial score (nSPS) is 15.9. The first-order chi connectivity index (χ1) is 15.7. The third-order valence-corrected chi connectivity index (χ3v) is 5.95. The molecule has 3 aromatic rings. The van der Waals surface area contributed by atoms with Gasteiger partial charge < -0.3 is 14.5 Å². The Morgan fingerprint density at radius 1 is 0.969 bits per heavy atom. The lowest BCUT2D eigenvalue weighted by Crippen LogP contribution is -2.37. The van der Waals surface area contributed by atoms with Gasteiger partial charge in [0.1, 0.15) is 5.82 Å². The highest BCUT2D eigenvalue weighted by atomic mass is 32.2. The molecule has 0 bridgehead atoms. The lowest BCUT2D eigenvalue weighted by molar-refractivity contribution is 0.122. The highest BCUT2D eigenvalue weighted by molar-refractivity contribution is 7.70. The molecule has 0 aliphatic carbocycles. The third-order valence-electron chi connectivity index (χ3n) is 5.53. The number of rotatable bonds is 6. The Labute approximate surface area is 187 Å². The number of benzene rings is 1. The summed E-state index contributed by atoms with van der Waals surface area (Å²) in [7, 11) is -2.62. The van der Waals surface area contributed by atoms with E-state index in [9.17, 15) is 8.42 Å². The second kappa shape index (κ2) is 9.15. The Bertz CT molecular complexity index is 1160. The van der Waals surface area contributed by atoms with Crippen molar-refractivity contribution >= 4 is 22.7 Å². The molecule has 1 N–H and O–H groups in total. The third kappa shape index (κ3) is 4.40. The molecule has 0 saturated carbocycles. The molecule has 166 valence electrons. The number of thiol groups is 1. The number of morpholine rings is 1. The van der Waals surface area contributed by atoms with Crippen molar-refractivity contribution in [3.63, 3.8) is 0 Å². The molecule has 4 heterocycles. The minimum Gasteiger partial charge on any atom is -0.378 e. The van der Waals surface area contributed by atoms with E-state index in [1.54, 1.807) is 18.5 Å². The Morgan fingerprint density at radius 3 is 2.44 bits per heavy atom. The van der Waals surface area contributed by atoms with E-state index in [4.69, 9.17) is 14.7 Å². The number of hydrogen-bond donors (Lipinski definition) is 2. The minimum atomic E-state index is -2.62. The lowest BCUT2D eigenvalue weighted by Gasteiger charge is -2.29. The largest absolute Gasteiger partial charge is 0.378 e. The zero-order valence-electron chi connectivity index (χ0n) is 17.3. The SMILES string of the molecule is O=[SH](=O)NCc1ccc(-c2nc3c(c(N4CCOCC4)n2)CN(c2ncccn2)C3)cc1. The Balaban J connectivity index is 1.48. The van der Waals surface area contributed by atoms with E-state index >= 15 is 0 Å². The van der Waals surface area contributed by atoms with Crippen LogP contribution in [0.4, 0.5) is 11.8 Å². The molecule has 0 unspecified atom stereocenters. The van der Waals surface area contributed by atoms with Crippen molar-refractivity contribution < 1.29 is 13.2 Å². The van der Waals surface area contributed by atoms with Crippen molar-refractivity contribution in [1.82, 2.24) is 24.7 Å². The number of nitrogens with one attached hydrogen (secondary N) is 1. The Kier molecular flexibility index (Phi) is 5.93. The summed E-state index contributed by atoms with van der Waals surface area (Å²) in [5, 5.41) is 0. The summed E-state index contributed by atoms with van der Waals surface area (Å²) in [6.45, 7) is 4.43. The molecule has 1 aromatic carbocycles. The van der Waals surface area contributed by atoms with E-state index in [0.717, 1.165) is 41.3 Å². The molecule has 2 aliphatic rings. The minimum absolute atomic E-state index is 0.259. The predicted octanol–water partition coefficient (Wildman–Crippen LogP) is 0.906. The van der Waals surface area contributed by atoms with E-state index in [2.05, 4.69) is 24.5 Å². The van der Waals surface area contributed by atoms with Crippen LogP contribution in [0.15, 0.2) is 42.7 Å². The van der Waals surface area contributed by atoms with Gasteiger partial charge in [0, 0.05) is 43.2 Å². The van der Waals surface area contributed by atoms with Crippen molar-refractivity contribution in [3.05, 3.63) is 59.5 Å². The maximum Gasteiger partial charge on any atom is 0.225 e. The molecule has 0 atom stereocenters. The van der Waals surface area contributed by atoms with Gasteiger partial charge in [-0.1, -0.05) is 24.3 Å². The highest BCUT2D eigenvalue weighted by Crippen LogP contribution is 2.33. The fraction of sp³-hybridized carbons (Fsp3) is 0.333. The molecule has 0 radical (unpaired) electrons. The maximum atomic E-state index is 10.8. The van der Waals surface area contributed by atoms with Crippen molar-refractivity contribution in [2.45, 2.75) is 19.6 Å². The van der Waals surface area contributed by atoms with Crippen LogP contribution in [-0.4, -0.2) is 54.7 Å². The van der Waals surface area contributed by atoms with E-state index in [-0.39, 0.29) is 6.54 Å². The lowest BCUT2D eigenvalue weighted by atomic mass is 10.1. The topological polar surface area (TPSA) is 113 Å². The second-order valence-electron chi connectivity index (χ2n) is 7.59. The number of hydrogen-bond acceptors (Lipinski definition) is 9. The van der Waals surface area contributed by atoms with Crippen LogP contribution in [0.25, 0.3) is 11.4 Å². The second-order valence-corrected chi connectivity index (χ2v) is 8.42. The fourth-order valence-corrected chi connectivity index (χ4v) is 4.24. The molecular formula is C21H23N7O3S. The van der Waals surface area contributed by atoms with Gasteiger partial charge in [-0.05, 0) is 11.6 Å². The molecule has 0 spiro atoms. The number of anilines is 2. The molecule has 10 nitrogen and oxygen atoms in total. The predicted molar refractivity (Wildman–Crippen MR) is 120 cm³/mol. The van der Waals surface area contributed by atoms with E-state index in [0.29, 0.717) is 38.1 Å². The van der Waals surface area contributed by atoms with Crippen LogP contribution < -0.4 is 14.5 Å². The highest BCUT2D eigenvalue weighted by Gasteiger charge is 2.29. The molecule has 5 rings (SSSR count). The molecule has 1 saturated heterocycles. The number of fused-ring (bicyclic) bond motifs is 1. The molecule has 32 heavy (non-hydrogen) atoms. The van der Waals surface area contributed by atoms with Crippen LogP contribution in [0.2, 0.25) is 0 Å². The van der Waals surface area contributed by atoms with Gasteiger partial charge in [0.2, 0.25) is 16.8 Å². The quantitative estimate of drug-likeness (QED) is 0.526. The van der Waals surface area contributed by atoms with E-state index in [1.165, 1.54) is 0 Å². The molecular weight excluding hydrogens is 430 g/mol. The van der Waals surface area contributed by atoms with Crippen LogP contribution in [0.1, 0.15) is 16.8 Å². The zero-order valence-corrected chi connectivity index (χ0v) is 18.2. The molecule has 1 fully saturated rings. The van der Waals surface area contributed by atoms with Crippen LogP contribution in [0.3, 0.4) is 0 Å². The Hall–Kier alpha value is -3.15. The summed E-state index contributed by atoms with van der Waals surface area (Å²) in [6.07, 6.45) is 3.48. The van der Waals surface area contributed by atoms with Gasteiger partial charge in [-0.3, -0.25) is 0 Å². The van der Waals surface area contributed by atoms with E-state index < -0.39 is 10.9 Å². The van der Waals surface area contributed by atoms with Gasteiger partial charge in [0.25, 0.3) is 0 Å². The van der Waals surface area contributed by atoms with Crippen molar-refractivity contribution in [2.75, 3.05) is 36.1 Å². The number of nitrogens with zero attached hydrogens (tertiary/aromatic N) is 6. The summed E-state index contributed by atoms with van der Waals surface area (Å²) < 4.78 is 29.5. The van der Waals surface area contributed by atoms with Gasteiger partial charge in [-0.15, -0.1) is 0 Å². The summed E-state index contributed by atoms with van der Waals surface area (Å²) in [5.41, 5.74) is 3.82. The molecule has 2 aromatic heterocycles. The van der Waals surface area contributed by atoms with Gasteiger partial charge in [-0.25, -0.2) is 33.1 Å². The summed E-state index contributed by atoms with van der Waals surface area (Å²) in [6, 6.07) is 9.42. The van der Waals surface area contributed by atoms with Crippen molar-refractivity contribution in [3.8, 4) is 11.4 Å². The van der Waals surface area contributed by atoms with Crippen molar-refractivity contribution in [1.29, 1.82) is 0 Å². The smallest absolute Gasteiger partial charge is 0.225 e. The molecule has 11 heteroatoms. The van der Waals surface area contributed by atoms with Crippen LogP contribution in [0.5, 0.6) is 0 Å². The van der Waals surface area contributed by atoms with Gasteiger partial charge in [0.05, 0.1) is 32.0 Å². The van der Waals surface area contributed by atoms with Gasteiger partial charge in [0.15, 0.2) is 5.82 Å². The molecule has 2 aliphatic heterocycles. The summed E-state index contributed by atoms with van der Waals surface area (Å²) in [5.74, 6) is 2.25.